The highest BCUT2D eigenvalue weighted by molar-refractivity contribution is 5.08. The van der Waals surface area contributed by atoms with Crippen molar-refractivity contribution in [3.8, 4) is 0 Å². The SMILES string of the molecule is C1COC(CCN2CC3(CCCC3)NCC23CCCC3)C1. The van der Waals surface area contributed by atoms with Crippen LogP contribution in [0.3, 0.4) is 0 Å². The summed E-state index contributed by atoms with van der Waals surface area (Å²) in [5.74, 6) is 0. The zero-order valence-electron chi connectivity index (χ0n) is 13.5. The highest BCUT2D eigenvalue weighted by atomic mass is 16.5. The van der Waals surface area contributed by atoms with Crippen molar-refractivity contribution >= 4 is 0 Å². The first kappa shape index (κ1) is 14.5. The molecule has 4 aliphatic rings. The van der Waals surface area contributed by atoms with Gasteiger partial charge in [-0.05, 0) is 44.9 Å². The molecule has 0 bridgehead atoms. The molecule has 0 radical (unpaired) electrons. The van der Waals surface area contributed by atoms with Crippen LogP contribution in [-0.2, 0) is 4.74 Å². The van der Waals surface area contributed by atoms with Crippen LogP contribution in [0.5, 0.6) is 0 Å². The van der Waals surface area contributed by atoms with E-state index < -0.39 is 0 Å². The standard InChI is InChI=1S/C18H32N2O/c1-2-9-17(8-1)15-20(12-7-16-6-5-13-21-16)18(14-19-17)10-3-4-11-18/h16,19H,1-15H2. The van der Waals surface area contributed by atoms with E-state index in [2.05, 4.69) is 10.2 Å². The highest BCUT2D eigenvalue weighted by Gasteiger charge is 2.49. The van der Waals surface area contributed by atoms with Crippen LogP contribution in [0.15, 0.2) is 0 Å². The lowest BCUT2D eigenvalue weighted by molar-refractivity contribution is -0.00353. The summed E-state index contributed by atoms with van der Waals surface area (Å²) in [7, 11) is 0. The summed E-state index contributed by atoms with van der Waals surface area (Å²) in [6.07, 6.45) is 15.8. The fraction of sp³-hybridized carbons (Fsp3) is 1.00. The van der Waals surface area contributed by atoms with Gasteiger partial charge in [-0.15, -0.1) is 0 Å². The second-order valence-electron chi connectivity index (χ2n) is 8.12. The van der Waals surface area contributed by atoms with E-state index in [0.717, 1.165) is 6.61 Å². The molecule has 2 aliphatic heterocycles. The van der Waals surface area contributed by atoms with E-state index in [0.29, 0.717) is 17.2 Å². The van der Waals surface area contributed by atoms with Crippen LogP contribution < -0.4 is 5.32 Å². The average molecular weight is 292 g/mol. The molecule has 3 heteroatoms. The molecule has 1 atom stereocenters. The Balaban J connectivity index is 1.44. The highest BCUT2D eigenvalue weighted by Crippen LogP contribution is 2.42. The van der Waals surface area contributed by atoms with Crippen molar-refractivity contribution in [3.63, 3.8) is 0 Å². The van der Waals surface area contributed by atoms with Crippen LogP contribution in [0, 0.1) is 0 Å². The molecule has 0 amide bonds. The maximum Gasteiger partial charge on any atom is 0.0588 e. The van der Waals surface area contributed by atoms with Crippen molar-refractivity contribution in [1.82, 2.24) is 10.2 Å². The van der Waals surface area contributed by atoms with Gasteiger partial charge in [-0.2, -0.15) is 0 Å². The summed E-state index contributed by atoms with van der Waals surface area (Å²) >= 11 is 0. The molecule has 4 fully saturated rings. The molecule has 3 nitrogen and oxygen atoms in total. The van der Waals surface area contributed by atoms with Crippen molar-refractivity contribution in [2.24, 2.45) is 0 Å². The molecule has 120 valence electrons. The van der Waals surface area contributed by atoms with Crippen LogP contribution in [0.4, 0.5) is 0 Å². The molecule has 2 saturated heterocycles. The maximum atomic E-state index is 5.87. The number of ether oxygens (including phenoxy) is 1. The van der Waals surface area contributed by atoms with Crippen LogP contribution >= 0.6 is 0 Å². The third kappa shape index (κ3) is 2.77. The number of nitrogens with zero attached hydrogens (tertiary/aromatic N) is 1. The lowest BCUT2D eigenvalue weighted by Gasteiger charge is -2.53. The summed E-state index contributed by atoms with van der Waals surface area (Å²) < 4.78 is 5.87. The summed E-state index contributed by atoms with van der Waals surface area (Å²) in [4.78, 5) is 2.91. The Hall–Kier alpha value is -0.120. The number of hydrogen-bond donors (Lipinski definition) is 1. The van der Waals surface area contributed by atoms with Crippen LogP contribution in [0.25, 0.3) is 0 Å². The van der Waals surface area contributed by atoms with Gasteiger partial charge in [-0.1, -0.05) is 25.7 Å². The molecule has 2 spiro atoms. The molecular weight excluding hydrogens is 260 g/mol. The molecule has 2 heterocycles. The Morgan fingerprint density at radius 2 is 1.76 bits per heavy atom. The number of piperazine rings is 1. The Morgan fingerprint density at radius 3 is 2.48 bits per heavy atom. The van der Waals surface area contributed by atoms with Crippen molar-refractivity contribution in [1.29, 1.82) is 0 Å². The lowest BCUT2D eigenvalue weighted by atomic mass is 9.84. The fourth-order valence-corrected chi connectivity index (χ4v) is 5.45. The monoisotopic (exact) mass is 292 g/mol. The molecule has 0 aromatic carbocycles. The second-order valence-corrected chi connectivity index (χ2v) is 8.12. The zero-order chi connectivity index (χ0) is 14.2. The van der Waals surface area contributed by atoms with Gasteiger partial charge < -0.3 is 10.1 Å². The van der Waals surface area contributed by atoms with Gasteiger partial charge in [0.2, 0.25) is 0 Å². The maximum absolute atomic E-state index is 5.87. The first-order valence-electron chi connectivity index (χ1n) is 9.42. The van der Waals surface area contributed by atoms with Gasteiger partial charge in [0.1, 0.15) is 0 Å². The Kier molecular flexibility index (Phi) is 4.01. The smallest absolute Gasteiger partial charge is 0.0588 e. The molecule has 0 aromatic rings. The van der Waals surface area contributed by atoms with Crippen molar-refractivity contribution in [2.75, 3.05) is 26.2 Å². The van der Waals surface area contributed by atoms with E-state index in [1.54, 1.807) is 0 Å². The lowest BCUT2D eigenvalue weighted by Crippen LogP contribution is -2.68. The van der Waals surface area contributed by atoms with Gasteiger partial charge >= 0.3 is 0 Å². The van der Waals surface area contributed by atoms with Crippen LogP contribution in [0.2, 0.25) is 0 Å². The summed E-state index contributed by atoms with van der Waals surface area (Å²) in [6, 6.07) is 0. The average Bonchev–Trinajstić information content (AvgIpc) is 3.23. The van der Waals surface area contributed by atoms with E-state index in [1.807, 2.05) is 0 Å². The van der Waals surface area contributed by atoms with E-state index in [1.165, 1.54) is 90.3 Å². The van der Waals surface area contributed by atoms with E-state index in [9.17, 15) is 0 Å². The molecule has 2 aliphatic carbocycles. The first-order valence-corrected chi connectivity index (χ1v) is 9.42. The van der Waals surface area contributed by atoms with Crippen molar-refractivity contribution in [3.05, 3.63) is 0 Å². The Labute approximate surface area is 129 Å². The molecule has 2 saturated carbocycles. The van der Waals surface area contributed by atoms with Crippen molar-refractivity contribution < 1.29 is 4.74 Å². The summed E-state index contributed by atoms with van der Waals surface area (Å²) in [5, 5.41) is 4.01. The van der Waals surface area contributed by atoms with E-state index in [4.69, 9.17) is 4.74 Å². The predicted octanol–water partition coefficient (Wildman–Crippen LogP) is 3.09. The van der Waals surface area contributed by atoms with Crippen molar-refractivity contribution in [2.45, 2.75) is 87.8 Å². The van der Waals surface area contributed by atoms with Crippen LogP contribution in [0.1, 0.15) is 70.6 Å². The van der Waals surface area contributed by atoms with Gasteiger partial charge in [0, 0.05) is 37.3 Å². The van der Waals surface area contributed by atoms with Gasteiger partial charge in [-0.3, -0.25) is 4.90 Å². The third-order valence-electron chi connectivity index (χ3n) is 6.80. The van der Waals surface area contributed by atoms with Gasteiger partial charge in [0.25, 0.3) is 0 Å². The molecule has 0 aromatic heterocycles. The predicted molar refractivity (Wildman–Crippen MR) is 85.6 cm³/mol. The number of nitrogens with one attached hydrogen (secondary N) is 1. The molecule has 21 heavy (non-hydrogen) atoms. The minimum Gasteiger partial charge on any atom is -0.378 e. The largest absolute Gasteiger partial charge is 0.378 e. The molecule has 1 N–H and O–H groups in total. The topological polar surface area (TPSA) is 24.5 Å². The minimum atomic E-state index is 0.463. The van der Waals surface area contributed by atoms with Gasteiger partial charge in [-0.25, -0.2) is 0 Å². The normalized spacial score (nSPS) is 35.1. The Morgan fingerprint density at radius 1 is 1.00 bits per heavy atom. The summed E-state index contributed by atoms with van der Waals surface area (Å²) in [5.41, 5.74) is 0.955. The molecule has 1 unspecified atom stereocenters. The Bertz CT molecular complexity index is 352. The quantitative estimate of drug-likeness (QED) is 0.865. The molecular formula is C18H32N2O. The molecule has 4 rings (SSSR count). The van der Waals surface area contributed by atoms with E-state index >= 15 is 0 Å². The number of hydrogen-bond acceptors (Lipinski definition) is 3. The number of rotatable bonds is 3. The van der Waals surface area contributed by atoms with Crippen LogP contribution in [-0.4, -0.2) is 48.3 Å². The second kappa shape index (κ2) is 5.82. The fourth-order valence-electron chi connectivity index (χ4n) is 5.45. The first-order chi connectivity index (χ1) is 10.3. The van der Waals surface area contributed by atoms with Gasteiger partial charge in [0.05, 0.1) is 6.10 Å². The third-order valence-corrected chi connectivity index (χ3v) is 6.80. The van der Waals surface area contributed by atoms with Gasteiger partial charge in [0.15, 0.2) is 0 Å². The summed E-state index contributed by atoms with van der Waals surface area (Å²) in [6.45, 7) is 4.83. The zero-order valence-corrected chi connectivity index (χ0v) is 13.5. The minimum absolute atomic E-state index is 0.463. The van der Waals surface area contributed by atoms with E-state index in [-0.39, 0.29) is 0 Å².